The molecule has 0 aromatic heterocycles. The van der Waals surface area contributed by atoms with E-state index in [0.717, 1.165) is 17.4 Å². The van der Waals surface area contributed by atoms with Crippen molar-refractivity contribution in [2.75, 3.05) is 12.4 Å². The molecule has 21 heavy (non-hydrogen) atoms. The Balaban J connectivity index is 2.12. The molecule has 0 bridgehead atoms. The monoisotopic (exact) mass is 355 g/mol. The zero-order chi connectivity index (χ0) is 15.4. The lowest BCUT2D eigenvalue weighted by atomic mass is 10.1. The molecule has 0 saturated carbocycles. The van der Waals surface area contributed by atoms with Gasteiger partial charge in [0.05, 0.1) is 17.3 Å². The van der Waals surface area contributed by atoms with Gasteiger partial charge in [-0.15, -0.1) is 0 Å². The van der Waals surface area contributed by atoms with Crippen molar-refractivity contribution in [2.45, 2.75) is 19.4 Å². The Morgan fingerprint density at radius 2 is 1.90 bits per heavy atom. The fourth-order valence-electron chi connectivity index (χ4n) is 2.15. The van der Waals surface area contributed by atoms with Crippen LogP contribution in [0.1, 0.15) is 12.5 Å². The third-order valence-corrected chi connectivity index (χ3v) is 3.74. The number of methoxy groups -OCH3 is 1. The van der Waals surface area contributed by atoms with Crippen LogP contribution in [0.25, 0.3) is 0 Å². The van der Waals surface area contributed by atoms with Crippen LogP contribution in [0.2, 0.25) is 0 Å². The van der Waals surface area contributed by atoms with Crippen LogP contribution in [0.15, 0.2) is 40.9 Å². The van der Waals surface area contributed by atoms with Gasteiger partial charge in [-0.05, 0) is 47.0 Å². The van der Waals surface area contributed by atoms with E-state index in [4.69, 9.17) is 4.74 Å². The van der Waals surface area contributed by atoms with Gasteiger partial charge in [0.1, 0.15) is 17.4 Å². The lowest BCUT2D eigenvalue weighted by Gasteiger charge is -2.17. The van der Waals surface area contributed by atoms with Crippen molar-refractivity contribution in [1.29, 1.82) is 0 Å². The first-order valence-corrected chi connectivity index (χ1v) is 7.33. The van der Waals surface area contributed by atoms with Gasteiger partial charge < -0.3 is 10.1 Å². The Labute approximate surface area is 131 Å². The molecule has 1 unspecified atom stereocenters. The molecule has 0 aliphatic rings. The zero-order valence-corrected chi connectivity index (χ0v) is 13.4. The molecule has 0 fully saturated rings. The molecule has 0 radical (unpaired) electrons. The Hall–Kier alpha value is -1.62. The van der Waals surface area contributed by atoms with Gasteiger partial charge in [0, 0.05) is 12.1 Å². The highest BCUT2D eigenvalue weighted by Gasteiger charge is 2.12. The summed E-state index contributed by atoms with van der Waals surface area (Å²) in [6, 6.07) is 9.92. The molecular formula is C16H16BrF2NO. The van der Waals surface area contributed by atoms with Crippen molar-refractivity contribution in [3.63, 3.8) is 0 Å². The van der Waals surface area contributed by atoms with E-state index < -0.39 is 11.6 Å². The number of anilines is 1. The van der Waals surface area contributed by atoms with Crippen LogP contribution >= 0.6 is 15.9 Å². The highest BCUT2D eigenvalue weighted by atomic mass is 79.9. The maximum absolute atomic E-state index is 13.7. The van der Waals surface area contributed by atoms with E-state index in [9.17, 15) is 8.78 Å². The second-order valence-electron chi connectivity index (χ2n) is 4.81. The molecule has 0 aliphatic carbocycles. The number of hydrogen-bond donors (Lipinski definition) is 1. The molecule has 0 spiro atoms. The van der Waals surface area contributed by atoms with Gasteiger partial charge in [-0.25, -0.2) is 8.78 Å². The minimum absolute atomic E-state index is 0.0341. The summed E-state index contributed by atoms with van der Waals surface area (Å²) in [5, 5.41) is 3.05. The van der Waals surface area contributed by atoms with Gasteiger partial charge in [0.2, 0.25) is 0 Å². The fourth-order valence-corrected chi connectivity index (χ4v) is 2.49. The summed E-state index contributed by atoms with van der Waals surface area (Å²) in [6.07, 6.45) is 0.665. The van der Waals surface area contributed by atoms with Crippen molar-refractivity contribution in [1.82, 2.24) is 0 Å². The molecule has 2 nitrogen and oxygen atoms in total. The predicted octanol–water partition coefficient (Wildman–Crippen LogP) is 4.78. The number of halogens is 3. The SMILES string of the molecule is COc1ccccc1CC(C)Nc1cc(Br)c(F)cc1F. The van der Waals surface area contributed by atoms with Crippen LogP contribution in [-0.4, -0.2) is 13.2 Å². The molecule has 1 atom stereocenters. The van der Waals surface area contributed by atoms with Crippen molar-refractivity contribution < 1.29 is 13.5 Å². The van der Waals surface area contributed by atoms with Crippen molar-refractivity contribution in [3.05, 3.63) is 58.1 Å². The number of para-hydroxylation sites is 1. The summed E-state index contributed by atoms with van der Waals surface area (Å²) in [5.41, 5.74) is 1.30. The third kappa shape index (κ3) is 3.94. The smallest absolute Gasteiger partial charge is 0.149 e. The minimum atomic E-state index is -0.615. The quantitative estimate of drug-likeness (QED) is 0.779. The molecule has 2 rings (SSSR count). The van der Waals surface area contributed by atoms with Crippen molar-refractivity contribution >= 4 is 21.6 Å². The number of rotatable bonds is 5. The standard InChI is InChI=1S/C16H16BrF2NO/c1-10(7-11-5-3-4-6-16(11)21-2)20-15-8-12(17)13(18)9-14(15)19/h3-6,8-10,20H,7H2,1-2H3. The van der Waals surface area contributed by atoms with Gasteiger partial charge >= 0.3 is 0 Å². The first kappa shape index (κ1) is 15.8. The number of ether oxygens (including phenoxy) is 1. The first-order chi connectivity index (χ1) is 10.0. The van der Waals surface area contributed by atoms with Gasteiger partial charge in [-0.1, -0.05) is 18.2 Å². The Morgan fingerprint density at radius 1 is 1.19 bits per heavy atom. The van der Waals surface area contributed by atoms with E-state index in [0.29, 0.717) is 6.42 Å². The Bertz CT molecular complexity index is 634. The van der Waals surface area contributed by atoms with E-state index >= 15 is 0 Å². The highest BCUT2D eigenvalue weighted by Crippen LogP contribution is 2.25. The molecule has 1 N–H and O–H groups in total. The maximum Gasteiger partial charge on any atom is 0.149 e. The van der Waals surface area contributed by atoms with Gasteiger partial charge in [-0.2, -0.15) is 0 Å². The summed E-state index contributed by atoms with van der Waals surface area (Å²) in [5.74, 6) is -0.426. The summed E-state index contributed by atoms with van der Waals surface area (Å²) >= 11 is 3.06. The Kier molecular flexibility index (Phi) is 5.17. The number of benzene rings is 2. The summed E-state index contributed by atoms with van der Waals surface area (Å²) in [6.45, 7) is 1.93. The van der Waals surface area contributed by atoms with E-state index in [1.54, 1.807) is 7.11 Å². The Morgan fingerprint density at radius 3 is 2.62 bits per heavy atom. The average molecular weight is 356 g/mol. The molecule has 2 aromatic carbocycles. The first-order valence-electron chi connectivity index (χ1n) is 6.54. The average Bonchev–Trinajstić information content (AvgIpc) is 2.45. The summed E-state index contributed by atoms with van der Waals surface area (Å²) < 4.78 is 32.5. The highest BCUT2D eigenvalue weighted by molar-refractivity contribution is 9.10. The largest absolute Gasteiger partial charge is 0.496 e. The minimum Gasteiger partial charge on any atom is -0.496 e. The van der Waals surface area contributed by atoms with E-state index in [1.165, 1.54) is 6.07 Å². The van der Waals surface area contributed by atoms with Crippen LogP contribution in [0.5, 0.6) is 5.75 Å². The van der Waals surface area contributed by atoms with E-state index in [1.807, 2.05) is 31.2 Å². The molecule has 112 valence electrons. The molecule has 5 heteroatoms. The molecule has 0 amide bonds. The topological polar surface area (TPSA) is 21.3 Å². The maximum atomic E-state index is 13.7. The van der Waals surface area contributed by atoms with Crippen LogP contribution in [0.4, 0.5) is 14.5 Å². The molecule has 0 aliphatic heterocycles. The molecular weight excluding hydrogens is 340 g/mol. The van der Waals surface area contributed by atoms with Crippen molar-refractivity contribution in [2.24, 2.45) is 0 Å². The fraction of sp³-hybridized carbons (Fsp3) is 0.250. The predicted molar refractivity (Wildman–Crippen MR) is 83.8 cm³/mol. The van der Waals surface area contributed by atoms with Gasteiger partial charge in [0.15, 0.2) is 0 Å². The van der Waals surface area contributed by atoms with Gasteiger partial charge in [-0.3, -0.25) is 0 Å². The third-order valence-electron chi connectivity index (χ3n) is 3.13. The molecule has 0 heterocycles. The summed E-state index contributed by atoms with van der Waals surface area (Å²) in [4.78, 5) is 0. The molecule has 0 saturated heterocycles. The van der Waals surface area contributed by atoms with Crippen LogP contribution in [0, 0.1) is 11.6 Å². The van der Waals surface area contributed by atoms with E-state index in [-0.39, 0.29) is 16.2 Å². The van der Waals surface area contributed by atoms with Gasteiger partial charge in [0.25, 0.3) is 0 Å². The normalized spacial score (nSPS) is 12.0. The second-order valence-corrected chi connectivity index (χ2v) is 5.66. The van der Waals surface area contributed by atoms with Crippen LogP contribution in [-0.2, 0) is 6.42 Å². The summed E-state index contributed by atoms with van der Waals surface area (Å²) in [7, 11) is 1.62. The van der Waals surface area contributed by atoms with Crippen LogP contribution < -0.4 is 10.1 Å². The lowest BCUT2D eigenvalue weighted by molar-refractivity contribution is 0.409. The van der Waals surface area contributed by atoms with Crippen molar-refractivity contribution in [3.8, 4) is 5.75 Å². The lowest BCUT2D eigenvalue weighted by Crippen LogP contribution is -2.19. The molecule has 2 aromatic rings. The zero-order valence-electron chi connectivity index (χ0n) is 11.8. The second kappa shape index (κ2) is 6.89. The van der Waals surface area contributed by atoms with Crippen LogP contribution in [0.3, 0.4) is 0 Å². The van der Waals surface area contributed by atoms with E-state index in [2.05, 4.69) is 21.2 Å². The number of nitrogens with one attached hydrogen (secondary N) is 1. The number of hydrogen-bond acceptors (Lipinski definition) is 2.